The van der Waals surface area contributed by atoms with Crippen molar-refractivity contribution in [1.82, 2.24) is 0 Å². The third kappa shape index (κ3) is 3.18. The van der Waals surface area contributed by atoms with Crippen LogP contribution in [0.1, 0.15) is 11.6 Å². The van der Waals surface area contributed by atoms with Crippen LogP contribution in [0.3, 0.4) is 0 Å². The van der Waals surface area contributed by atoms with Crippen molar-refractivity contribution in [1.29, 1.82) is 0 Å². The summed E-state index contributed by atoms with van der Waals surface area (Å²) in [6, 6.07) is 19.7. The molecule has 3 atom stereocenters. The van der Waals surface area contributed by atoms with Crippen molar-refractivity contribution in [3.05, 3.63) is 88.6 Å². The highest BCUT2D eigenvalue weighted by molar-refractivity contribution is 9.10. The minimum Gasteiger partial charge on any atom is -0.496 e. The van der Waals surface area contributed by atoms with Gasteiger partial charge in [0.1, 0.15) is 17.5 Å². The van der Waals surface area contributed by atoms with E-state index in [2.05, 4.69) is 15.9 Å². The Balaban J connectivity index is 1.65. The molecule has 2 saturated heterocycles. The molecule has 2 fully saturated rings. The lowest BCUT2D eigenvalue weighted by atomic mass is 9.90. The lowest BCUT2D eigenvalue weighted by molar-refractivity contribution is -0.126. The molecule has 162 valence electrons. The van der Waals surface area contributed by atoms with E-state index < -0.39 is 35.7 Å². The van der Waals surface area contributed by atoms with E-state index in [4.69, 9.17) is 9.57 Å². The predicted octanol–water partition coefficient (Wildman–Crippen LogP) is 4.65. The number of carbonyl (C=O) groups is 2. The summed E-state index contributed by atoms with van der Waals surface area (Å²) in [5.41, 5.74) is 1.29. The molecule has 8 heteroatoms. The summed E-state index contributed by atoms with van der Waals surface area (Å²) in [4.78, 5) is 33.8. The predicted molar refractivity (Wildman–Crippen MR) is 120 cm³/mol. The Kier molecular flexibility index (Phi) is 5.19. The fourth-order valence-electron chi connectivity index (χ4n) is 4.34. The number of hydrogen-bond acceptors (Lipinski definition) is 5. The van der Waals surface area contributed by atoms with Crippen molar-refractivity contribution in [3.63, 3.8) is 0 Å². The number of nitrogens with zero attached hydrogens (tertiary/aromatic N) is 2. The zero-order chi connectivity index (χ0) is 22.4. The van der Waals surface area contributed by atoms with E-state index in [9.17, 15) is 14.0 Å². The van der Waals surface area contributed by atoms with Crippen molar-refractivity contribution in [2.45, 2.75) is 12.1 Å². The molecule has 0 radical (unpaired) electrons. The number of fused-ring (bicyclic) bond motifs is 1. The van der Waals surface area contributed by atoms with Crippen molar-refractivity contribution in [2.75, 3.05) is 17.1 Å². The first-order valence-electron chi connectivity index (χ1n) is 9.98. The minimum absolute atomic E-state index is 0.0771. The Morgan fingerprint density at radius 3 is 2.41 bits per heavy atom. The molecule has 3 unspecified atom stereocenters. The molecule has 6 nitrogen and oxygen atoms in total. The van der Waals surface area contributed by atoms with Crippen LogP contribution in [0.2, 0.25) is 0 Å². The van der Waals surface area contributed by atoms with Crippen molar-refractivity contribution >= 4 is 39.1 Å². The lowest BCUT2D eigenvalue weighted by Gasteiger charge is -2.29. The molecule has 3 aromatic carbocycles. The zero-order valence-electron chi connectivity index (χ0n) is 16.9. The Morgan fingerprint density at radius 1 is 0.969 bits per heavy atom. The largest absolute Gasteiger partial charge is 0.496 e. The summed E-state index contributed by atoms with van der Waals surface area (Å²) in [6.07, 6.45) is -1.09. The van der Waals surface area contributed by atoms with Crippen LogP contribution in [0.5, 0.6) is 5.75 Å². The van der Waals surface area contributed by atoms with E-state index in [-0.39, 0.29) is 5.69 Å². The maximum atomic E-state index is 14.5. The third-order valence-corrected chi connectivity index (χ3v) is 6.22. The highest BCUT2D eigenvalue weighted by Gasteiger charge is 2.61. The van der Waals surface area contributed by atoms with Crippen molar-refractivity contribution < 1.29 is 23.6 Å². The third-order valence-electron chi connectivity index (χ3n) is 5.73. The van der Waals surface area contributed by atoms with Gasteiger partial charge in [-0.3, -0.25) is 14.4 Å². The summed E-state index contributed by atoms with van der Waals surface area (Å²) in [5.74, 6) is -2.10. The molecule has 2 heterocycles. The van der Waals surface area contributed by atoms with E-state index in [0.29, 0.717) is 17.0 Å². The van der Waals surface area contributed by atoms with Gasteiger partial charge < -0.3 is 4.74 Å². The quantitative estimate of drug-likeness (QED) is 0.492. The monoisotopic (exact) mass is 496 g/mol. The molecule has 2 amide bonds. The van der Waals surface area contributed by atoms with Gasteiger partial charge in [-0.05, 0) is 42.5 Å². The van der Waals surface area contributed by atoms with Crippen molar-refractivity contribution in [2.24, 2.45) is 5.92 Å². The highest BCUT2D eigenvalue weighted by atomic mass is 79.9. The maximum absolute atomic E-state index is 14.5. The van der Waals surface area contributed by atoms with Crippen LogP contribution in [0.15, 0.2) is 77.3 Å². The van der Waals surface area contributed by atoms with Crippen LogP contribution in [0.4, 0.5) is 15.8 Å². The molecule has 0 bridgehead atoms. The van der Waals surface area contributed by atoms with E-state index in [1.54, 1.807) is 24.3 Å². The first-order chi connectivity index (χ1) is 15.5. The molecule has 2 aliphatic rings. The number of hydroxylamine groups is 1. The van der Waals surface area contributed by atoms with Crippen LogP contribution in [-0.4, -0.2) is 25.0 Å². The number of halogens is 2. The number of methoxy groups -OCH3 is 1. The SMILES string of the molecule is COc1ccc(Br)cc1C1C2C(=O)N(c3ccccc3F)C(=O)C2ON1c1ccccc1. The maximum Gasteiger partial charge on any atom is 0.266 e. The van der Waals surface area contributed by atoms with Gasteiger partial charge in [0.15, 0.2) is 6.10 Å². The molecule has 0 N–H and O–H groups in total. The number of anilines is 2. The molecule has 0 aliphatic carbocycles. The Bertz CT molecular complexity index is 1210. The van der Waals surface area contributed by atoms with Gasteiger partial charge in [0.05, 0.1) is 24.5 Å². The van der Waals surface area contributed by atoms with Crippen LogP contribution in [0.25, 0.3) is 0 Å². The number of ether oxygens (including phenoxy) is 1. The van der Waals surface area contributed by atoms with Gasteiger partial charge >= 0.3 is 0 Å². The van der Waals surface area contributed by atoms with Crippen LogP contribution >= 0.6 is 15.9 Å². The number of benzene rings is 3. The normalized spacial score (nSPS) is 22.4. The van der Waals surface area contributed by atoms with E-state index >= 15 is 0 Å². The standard InChI is InChI=1S/C24H18BrFN2O4/c1-31-19-12-11-14(25)13-16(19)21-20-22(32-28(21)15-7-3-2-4-8-15)24(30)27(23(20)29)18-10-6-5-9-17(18)26/h2-13,20-22H,1H3. The second kappa shape index (κ2) is 8.03. The molecule has 0 aromatic heterocycles. The van der Waals surface area contributed by atoms with E-state index in [1.165, 1.54) is 18.2 Å². The number of imide groups is 1. The lowest BCUT2D eigenvalue weighted by Crippen LogP contribution is -2.38. The molecule has 0 spiro atoms. The van der Waals surface area contributed by atoms with Gasteiger partial charge in [0, 0.05) is 10.0 Å². The van der Waals surface area contributed by atoms with Crippen LogP contribution < -0.4 is 14.7 Å². The average molecular weight is 497 g/mol. The minimum atomic E-state index is -1.09. The number of amides is 2. The van der Waals surface area contributed by atoms with Gasteiger partial charge in [-0.15, -0.1) is 0 Å². The van der Waals surface area contributed by atoms with Crippen LogP contribution in [-0.2, 0) is 14.4 Å². The summed E-state index contributed by atoms with van der Waals surface area (Å²) >= 11 is 3.48. The first-order valence-corrected chi connectivity index (χ1v) is 10.8. The van der Waals surface area contributed by atoms with Gasteiger partial charge in [0.2, 0.25) is 5.91 Å². The van der Waals surface area contributed by atoms with Crippen LogP contribution in [0, 0.1) is 11.7 Å². The number of carbonyl (C=O) groups excluding carboxylic acids is 2. The summed E-state index contributed by atoms with van der Waals surface area (Å²) in [7, 11) is 1.54. The topological polar surface area (TPSA) is 59.1 Å². The molecule has 32 heavy (non-hydrogen) atoms. The molecular formula is C24H18BrFN2O4. The summed E-state index contributed by atoms with van der Waals surface area (Å²) in [6.45, 7) is 0. The summed E-state index contributed by atoms with van der Waals surface area (Å²) < 4.78 is 20.8. The number of hydrogen-bond donors (Lipinski definition) is 0. The molecule has 0 saturated carbocycles. The smallest absolute Gasteiger partial charge is 0.266 e. The highest BCUT2D eigenvalue weighted by Crippen LogP contribution is 2.50. The summed E-state index contributed by atoms with van der Waals surface area (Å²) in [5, 5.41) is 1.58. The molecule has 5 rings (SSSR count). The second-order valence-corrected chi connectivity index (χ2v) is 8.42. The number of rotatable bonds is 4. The second-order valence-electron chi connectivity index (χ2n) is 7.51. The Hall–Kier alpha value is -3.23. The number of para-hydroxylation sites is 2. The fourth-order valence-corrected chi connectivity index (χ4v) is 4.71. The van der Waals surface area contributed by atoms with E-state index in [0.717, 1.165) is 9.37 Å². The first kappa shape index (κ1) is 20.7. The average Bonchev–Trinajstić information content (AvgIpc) is 3.31. The molecular weight excluding hydrogens is 479 g/mol. The molecule has 2 aliphatic heterocycles. The zero-order valence-corrected chi connectivity index (χ0v) is 18.5. The Labute approximate surface area is 192 Å². The fraction of sp³-hybridized carbons (Fsp3) is 0.167. The van der Waals surface area contributed by atoms with Gasteiger partial charge in [-0.2, -0.15) is 0 Å². The van der Waals surface area contributed by atoms with E-state index in [1.807, 2.05) is 42.5 Å². The Morgan fingerprint density at radius 2 is 1.69 bits per heavy atom. The van der Waals surface area contributed by atoms with Gasteiger partial charge in [0.25, 0.3) is 5.91 Å². The molecule has 3 aromatic rings. The van der Waals surface area contributed by atoms with Crippen molar-refractivity contribution in [3.8, 4) is 5.75 Å². The van der Waals surface area contributed by atoms with Gasteiger partial charge in [-0.1, -0.05) is 46.3 Å². The van der Waals surface area contributed by atoms with Gasteiger partial charge in [-0.25, -0.2) is 14.4 Å².